The van der Waals surface area contributed by atoms with Crippen LogP contribution in [0, 0.1) is 0 Å². The van der Waals surface area contributed by atoms with Gasteiger partial charge in [-0.05, 0) is 24.1 Å². The Morgan fingerprint density at radius 2 is 1.25 bits per heavy atom. The van der Waals surface area contributed by atoms with Gasteiger partial charge in [-0.3, -0.25) is 0 Å². The fourth-order valence-corrected chi connectivity index (χ4v) is 3.85. The average Bonchev–Trinajstić information content (AvgIpc) is 2.87. The van der Waals surface area contributed by atoms with Crippen LogP contribution in [0.4, 0.5) is 26.3 Å². The van der Waals surface area contributed by atoms with Crippen molar-refractivity contribution in [2.24, 2.45) is 9.98 Å². The first-order chi connectivity index (χ1) is 17.1. The molecule has 0 N–H and O–H groups in total. The number of benzene rings is 3. The summed E-state index contributed by atoms with van der Waals surface area (Å²) in [7, 11) is 1.35. The normalized spacial score (nSPS) is 15.8. The molecule has 0 aromatic heterocycles. The van der Waals surface area contributed by atoms with E-state index < -0.39 is 29.7 Å². The third-order valence-electron chi connectivity index (χ3n) is 5.66. The van der Waals surface area contributed by atoms with Crippen LogP contribution >= 0.6 is 0 Å². The quantitative estimate of drug-likeness (QED) is 0.371. The van der Waals surface area contributed by atoms with Crippen LogP contribution in [0.25, 0.3) is 0 Å². The van der Waals surface area contributed by atoms with Gasteiger partial charge >= 0.3 is 18.0 Å². The zero-order chi connectivity index (χ0) is 26.0. The van der Waals surface area contributed by atoms with Gasteiger partial charge in [0.2, 0.25) is 0 Å². The molecule has 3 aromatic rings. The number of hydrogen-bond acceptors (Lipinski definition) is 4. The first kappa shape index (κ1) is 25.3. The molecular formula is C26H21F6N3O. The predicted molar refractivity (Wildman–Crippen MR) is 124 cm³/mol. The van der Waals surface area contributed by atoms with Crippen LogP contribution < -0.4 is 4.74 Å². The van der Waals surface area contributed by atoms with Crippen molar-refractivity contribution in [1.29, 1.82) is 0 Å². The van der Waals surface area contributed by atoms with Gasteiger partial charge in [0.1, 0.15) is 17.4 Å². The maximum Gasteiger partial charge on any atom is 0.443 e. The summed E-state index contributed by atoms with van der Waals surface area (Å²) in [6.45, 7) is 0.0274. The SMILES string of the molecule is COc1cccc(C2=NC(C(F)(F)F)(C(F)(F)F)N=C(c3ccccc3)N2CCc2ccccc2)c1. The molecule has 4 nitrogen and oxygen atoms in total. The molecule has 0 radical (unpaired) electrons. The summed E-state index contributed by atoms with van der Waals surface area (Å²) in [5, 5.41) is 0. The highest BCUT2D eigenvalue weighted by atomic mass is 19.4. The lowest BCUT2D eigenvalue weighted by Gasteiger charge is -2.39. The van der Waals surface area contributed by atoms with Crippen LogP contribution in [0.3, 0.4) is 0 Å². The third kappa shape index (κ3) is 4.80. The standard InChI is InChI=1S/C26H21F6N3O/c1-36-21-14-8-13-20(17-21)23-34-24(25(27,28)29,26(30,31)32)33-22(19-11-6-3-7-12-19)35(23)16-15-18-9-4-2-5-10-18/h2-14,17H,15-16H2,1H3. The van der Waals surface area contributed by atoms with Crippen molar-refractivity contribution in [2.75, 3.05) is 13.7 Å². The summed E-state index contributed by atoms with van der Waals surface area (Å²) >= 11 is 0. The second kappa shape index (κ2) is 9.67. The molecule has 1 aliphatic rings. The van der Waals surface area contributed by atoms with Crippen molar-refractivity contribution in [3.8, 4) is 5.75 Å². The second-order valence-electron chi connectivity index (χ2n) is 8.02. The minimum atomic E-state index is -5.85. The first-order valence-corrected chi connectivity index (χ1v) is 10.9. The molecule has 0 atom stereocenters. The fraction of sp³-hybridized carbons (Fsp3) is 0.231. The van der Waals surface area contributed by atoms with Gasteiger partial charge in [0.15, 0.2) is 0 Å². The van der Waals surface area contributed by atoms with Crippen molar-refractivity contribution in [3.05, 3.63) is 102 Å². The smallest absolute Gasteiger partial charge is 0.443 e. The first-order valence-electron chi connectivity index (χ1n) is 10.9. The molecule has 4 rings (SSSR count). The predicted octanol–water partition coefficient (Wildman–Crippen LogP) is 6.27. The molecule has 0 saturated carbocycles. The Bertz CT molecular complexity index is 1240. The van der Waals surface area contributed by atoms with Crippen LogP contribution in [-0.4, -0.2) is 48.2 Å². The molecule has 1 aliphatic heterocycles. The molecule has 36 heavy (non-hydrogen) atoms. The van der Waals surface area contributed by atoms with Gasteiger partial charge < -0.3 is 9.64 Å². The average molecular weight is 505 g/mol. The van der Waals surface area contributed by atoms with E-state index in [-0.39, 0.29) is 23.4 Å². The van der Waals surface area contributed by atoms with E-state index in [1.807, 2.05) is 18.2 Å². The highest BCUT2D eigenvalue weighted by Gasteiger charge is 2.74. The lowest BCUT2D eigenvalue weighted by atomic mass is 10.0. The third-order valence-corrected chi connectivity index (χ3v) is 5.66. The molecule has 0 fully saturated rings. The van der Waals surface area contributed by atoms with E-state index in [0.717, 1.165) is 5.56 Å². The van der Waals surface area contributed by atoms with Gasteiger partial charge in [0.05, 0.1) is 7.11 Å². The van der Waals surface area contributed by atoms with Gasteiger partial charge in [-0.25, -0.2) is 9.98 Å². The number of halogens is 6. The van der Waals surface area contributed by atoms with E-state index in [9.17, 15) is 26.3 Å². The van der Waals surface area contributed by atoms with E-state index in [1.165, 1.54) is 60.5 Å². The molecule has 0 aliphatic carbocycles. The van der Waals surface area contributed by atoms with Gasteiger partial charge in [0.25, 0.3) is 0 Å². The molecule has 0 bridgehead atoms. The zero-order valence-corrected chi connectivity index (χ0v) is 19.0. The Morgan fingerprint density at radius 3 is 1.81 bits per heavy atom. The van der Waals surface area contributed by atoms with E-state index in [2.05, 4.69) is 9.98 Å². The van der Waals surface area contributed by atoms with Crippen molar-refractivity contribution < 1.29 is 31.1 Å². The highest BCUT2D eigenvalue weighted by Crippen LogP contribution is 2.49. The van der Waals surface area contributed by atoms with Crippen LogP contribution in [0.15, 0.2) is 94.9 Å². The highest BCUT2D eigenvalue weighted by molar-refractivity contribution is 6.16. The Kier molecular flexibility index (Phi) is 6.79. The maximum atomic E-state index is 14.2. The van der Waals surface area contributed by atoms with Crippen molar-refractivity contribution in [2.45, 2.75) is 24.4 Å². The number of rotatable bonds is 6. The van der Waals surface area contributed by atoms with Crippen molar-refractivity contribution in [1.82, 2.24) is 4.90 Å². The van der Waals surface area contributed by atoms with Gasteiger partial charge in [-0.2, -0.15) is 26.3 Å². The molecule has 188 valence electrons. The number of amidine groups is 2. The monoisotopic (exact) mass is 505 g/mol. The van der Waals surface area contributed by atoms with E-state index >= 15 is 0 Å². The van der Waals surface area contributed by atoms with Gasteiger partial charge in [0, 0.05) is 17.7 Å². The maximum absolute atomic E-state index is 14.2. The number of hydrogen-bond donors (Lipinski definition) is 0. The minimum Gasteiger partial charge on any atom is -0.497 e. The molecule has 1 heterocycles. The number of nitrogens with zero attached hydrogens (tertiary/aromatic N) is 3. The number of ether oxygens (including phenoxy) is 1. The van der Waals surface area contributed by atoms with Crippen LogP contribution in [0.5, 0.6) is 5.75 Å². The Morgan fingerprint density at radius 1 is 0.722 bits per heavy atom. The topological polar surface area (TPSA) is 37.2 Å². The molecule has 0 amide bonds. The number of alkyl halides is 6. The lowest BCUT2D eigenvalue weighted by molar-refractivity contribution is -0.292. The fourth-order valence-electron chi connectivity index (χ4n) is 3.85. The molecule has 0 unspecified atom stereocenters. The lowest BCUT2D eigenvalue weighted by Crippen LogP contribution is -2.59. The summed E-state index contributed by atoms with van der Waals surface area (Å²) < 4.78 is 90.5. The number of methoxy groups -OCH3 is 1. The molecule has 0 spiro atoms. The molecule has 10 heteroatoms. The van der Waals surface area contributed by atoms with Gasteiger partial charge in [-0.1, -0.05) is 72.8 Å². The van der Waals surface area contributed by atoms with Gasteiger partial charge in [-0.15, -0.1) is 0 Å². The van der Waals surface area contributed by atoms with E-state index in [4.69, 9.17) is 4.74 Å². The Labute approximate surface area is 203 Å². The second-order valence-corrected chi connectivity index (χ2v) is 8.02. The van der Waals surface area contributed by atoms with E-state index in [1.54, 1.807) is 18.2 Å². The molecule has 3 aromatic carbocycles. The van der Waals surface area contributed by atoms with Crippen molar-refractivity contribution in [3.63, 3.8) is 0 Å². The van der Waals surface area contributed by atoms with Crippen molar-refractivity contribution >= 4 is 11.7 Å². The molecule has 0 saturated heterocycles. The summed E-state index contributed by atoms with van der Waals surface area (Å²) in [5.41, 5.74) is -3.70. The number of aliphatic imine (C=N–C) groups is 2. The summed E-state index contributed by atoms with van der Waals surface area (Å²) in [6.07, 6.45) is -11.4. The Balaban J connectivity index is 1.96. The summed E-state index contributed by atoms with van der Waals surface area (Å²) in [4.78, 5) is 7.93. The van der Waals surface area contributed by atoms with Crippen LogP contribution in [0.1, 0.15) is 16.7 Å². The zero-order valence-electron chi connectivity index (χ0n) is 19.0. The van der Waals surface area contributed by atoms with E-state index in [0.29, 0.717) is 6.42 Å². The van der Waals surface area contributed by atoms with Crippen LogP contribution in [0.2, 0.25) is 0 Å². The summed E-state index contributed by atoms with van der Waals surface area (Å²) in [5.74, 6) is -0.728. The molecular weight excluding hydrogens is 484 g/mol. The Hall–Kier alpha value is -3.82. The van der Waals surface area contributed by atoms with Crippen LogP contribution in [-0.2, 0) is 6.42 Å². The largest absolute Gasteiger partial charge is 0.497 e. The summed E-state index contributed by atoms with van der Waals surface area (Å²) in [6, 6.07) is 22.3. The minimum absolute atomic E-state index is 0.0274.